The number of unbranched alkanes of at least 4 members (excludes halogenated alkanes) is 1. The first-order valence-electron chi connectivity index (χ1n) is 6.89. The molecule has 0 aromatic heterocycles. The number of halogens is 1. The van der Waals surface area contributed by atoms with Crippen LogP contribution >= 0.6 is 0 Å². The van der Waals surface area contributed by atoms with E-state index in [2.05, 4.69) is 10.6 Å². The van der Waals surface area contributed by atoms with Crippen LogP contribution in [0.5, 0.6) is 0 Å². The number of carbonyl (C=O) groups excluding carboxylic acids is 2. The molecule has 1 aromatic carbocycles. The van der Waals surface area contributed by atoms with Crippen LogP contribution in [0.15, 0.2) is 24.3 Å². The second-order valence-electron chi connectivity index (χ2n) is 4.61. The van der Waals surface area contributed by atoms with Gasteiger partial charge in [-0.25, -0.2) is 4.39 Å². The summed E-state index contributed by atoms with van der Waals surface area (Å²) in [6, 6.07) is 5.83. The van der Waals surface area contributed by atoms with Gasteiger partial charge in [-0.3, -0.25) is 9.59 Å². The quantitative estimate of drug-likeness (QED) is 0.713. The maximum atomic E-state index is 12.7. The first-order chi connectivity index (χ1) is 9.61. The SMILES string of the molecule is CCCCC(=O)NCCNC(=O)Cc1ccc(F)cc1. The van der Waals surface area contributed by atoms with Gasteiger partial charge in [0.05, 0.1) is 6.42 Å². The second-order valence-corrected chi connectivity index (χ2v) is 4.61. The molecule has 0 aliphatic rings. The van der Waals surface area contributed by atoms with E-state index in [0.29, 0.717) is 19.5 Å². The van der Waals surface area contributed by atoms with Gasteiger partial charge in [-0.05, 0) is 24.1 Å². The summed E-state index contributed by atoms with van der Waals surface area (Å²) in [5.74, 6) is -0.442. The zero-order valence-corrected chi connectivity index (χ0v) is 11.7. The first-order valence-corrected chi connectivity index (χ1v) is 6.89. The zero-order valence-electron chi connectivity index (χ0n) is 11.7. The van der Waals surface area contributed by atoms with E-state index >= 15 is 0 Å². The van der Waals surface area contributed by atoms with Crippen LogP contribution in [-0.2, 0) is 16.0 Å². The van der Waals surface area contributed by atoms with E-state index in [1.165, 1.54) is 12.1 Å². The Labute approximate surface area is 118 Å². The Hall–Kier alpha value is -1.91. The van der Waals surface area contributed by atoms with Crippen molar-refractivity contribution < 1.29 is 14.0 Å². The van der Waals surface area contributed by atoms with Gasteiger partial charge in [-0.1, -0.05) is 25.5 Å². The molecular formula is C15H21FN2O2. The third-order valence-corrected chi connectivity index (χ3v) is 2.80. The number of benzene rings is 1. The Kier molecular flexibility index (Phi) is 7.32. The van der Waals surface area contributed by atoms with Gasteiger partial charge in [0.1, 0.15) is 5.82 Å². The number of amides is 2. The average Bonchev–Trinajstić information content (AvgIpc) is 2.44. The second kappa shape index (κ2) is 9.07. The Balaban J connectivity index is 2.14. The normalized spacial score (nSPS) is 10.1. The molecule has 1 rings (SSSR count). The van der Waals surface area contributed by atoms with Crippen molar-refractivity contribution in [1.29, 1.82) is 0 Å². The van der Waals surface area contributed by atoms with Crippen molar-refractivity contribution in [3.8, 4) is 0 Å². The summed E-state index contributed by atoms with van der Waals surface area (Å²) in [6.07, 6.45) is 2.61. The van der Waals surface area contributed by atoms with Crippen LogP contribution in [-0.4, -0.2) is 24.9 Å². The highest BCUT2D eigenvalue weighted by molar-refractivity contribution is 5.78. The third kappa shape index (κ3) is 6.87. The molecule has 2 amide bonds. The van der Waals surface area contributed by atoms with Crippen molar-refractivity contribution in [3.05, 3.63) is 35.6 Å². The standard InChI is InChI=1S/C15H21FN2O2/c1-2-3-4-14(19)17-9-10-18-15(20)11-12-5-7-13(16)8-6-12/h5-8H,2-4,9-11H2,1H3,(H,17,19)(H,18,20). The lowest BCUT2D eigenvalue weighted by molar-refractivity contribution is -0.122. The van der Waals surface area contributed by atoms with Gasteiger partial charge in [-0.15, -0.1) is 0 Å². The number of nitrogens with one attached hydrogen (secondary N) is 2. The predicted octanol–water partition coefficient (Wildman–Crippen LogP) is 1.79. The highest BCUT2D eigenvalue weighted by atomic mass is 19.1. The van der Waals surface area contributed by atoms with E-state index in [9.17, 15) is 14.0 Å². The van der Waals surface area contributed by atoms with E-state index in [1.807, 2.05) is 6.92 Å². The summed E-state index contributed by atoms with van der Waals surface area (Å²) in [4.78, 5) is 22.9. The number of rotatable bonds is 8. The Morgan fingerprint density at radius 1 is 1.05 bits per heavy atom. The van der Waals surface area contributed by atoms with Crippen LogP contribution in [0.2, 0.25) is 0 Å². The van der Waals surface area contributed by atoms with Crippen molar-refractivity contribution in [2.45, 2.75) is 32.6 Å². The maximum absolute atomic E-state index is 12.7. The molecule has 110 valence electrons. The van der Waals surface area contributed by atoms with Gasteiger partial charge < -0.3 is 10.6 Å². The van der Waals surface area contributed by atoms with Crippen molar-refractivity contribution in [2.24, 2.45) is 0 Å². The molecule has 0 bridgehead atoms. The predicted molar refractivity (Wildman–Crippen MR) is 75.6 cm³/mol. The maximum Gasteiger partial charge on any atom is 0.224 e. The van der Waals surface area contributed by atoms with E-state index in [4.69, 9.17) is 0 Å². The molecule has 20 heavy (non-hydrogen) atoms. The lowest BCUT2D eigenvalue weighted by atomic mass is 10.1. The molecule has 0 unspecified atom stereocenters. The summed E-state index contributed by atoms with van der Waals surface area (Å²) >= 11 is 0. The summed E-state index contributed by atoms with van der Waals surface area (Å²) in [6.45, 7) is 2.86. The van der Waals surface area contributed by atoms with Gasteiger partial charge in [0.2, 0.25) is 11.8 Å². The van der Waals surface area contributed by atoms with E-state index in [-0.39, 0.29) is 24.1 Å². The molecule has 5 heteroatoms. The van der Waals surface area contributed by atoms with E-state index in [1.54, 1.807) is 12.1 Å². The van der Waals surface area contributed by atoms with Gasteiger partial charge in [-0.2, -0.15) is 0 Å². The minimum absolute atomic E-state index is 0.0135. The van der Waals surface area contributed by atoms with Crippen LogP contribution < -0.4 is 10.6 Å². The van der Waals surface area contributed by atoms with Crippen molar-refractivity contribution in [1.82, 2.24) is 10.6 Å². The zero-order chi connectivity index (χ0) is 14.8. The molecule has 0 atom stereocenters. The Morgan fingerprint density at radius 2 is 1.65 bits per heavy atom. The highest BCUT2D eigenvalue weighted by Crippen LogP contribution is 2.03. The average molecular weight is 280 g/mol. The number of carbonyl (C=O) groups is 2. The van der Waals surface area contributed by atoms with Crippen LogP contribution in [0.3, 0.4) is 0 Å². The first kappa shape index (κ1) is 16.1. The van der Waals surface area contributed by atoms with Crippen LogP contribution in [0.4, 0.5) is 4.39 Å². The summed E-state index contributed by atoms with van der Waals surface area (Å²) in [5.41, 5.74) is 0.760. The topological polar surface area (TPSA) is 58.2 Å². The molecule has 0 spiro atoms. The van der Waals surface area contributed by atoms with Gasteiger partial charge in [0.15, 0.2) is 0 Å². The molecule has 0 radical (unpaired) electrons. The van der Waals surface area contributed by atoms with Gasteiger partial charge in [0, 0.05) is 19.5 Å². The third-order valence-electron chi connectivity index (χ3n) is 2.80. The molecule has 2 N–H and O–H groups in total. The Morgan fingerprint density at radius 3 is 2.25 bits per heavy atom. The lowest BCUT2D eigenvalue weighted by Crippen LogP contribution is -2.35. The number of hydrogen-bond acceptors (Lipinski definition) is 2. The van der Waals surface area contributed by atoms with Gasteiger partial charge in [0.25, 0.3) is 0 Å². The monoisotopic (exact) mass is 280 g/mol. The van der Waals surface area contributed by atoms with E-state index in [0.717, 1.165) is 18.4 Å². The molecule has 0 saturated heterocycles. The fourth-order valence-corrected chi connectivity index (χ4v) is 1.68. The fourth-order valence-electron chi connectivity index (χ4n) is 1.68. The largest absolute Gasteiger partial charge is 0.354 e. The molecule has 0 saturated carbocycles. The van der Waals surface area contributed by atoms with Crippen LogP contribution in [0, 0.1) is 5.82 Å². The van der Waals surface area contributed by atoms with E-state index < -0.39 is 0 Å². The molecule has 0 fully saturated rings. The minimum atomic E-state index is -0.316. The molecule has 4 nitrogen and oxygen atoms in total. The van der Waals surface area contributed by atoms with Gasteiger partial charge >= 0.3 is 0 Å². The molecular weight excluding hydrogens is 259 g/mol. The molecule has 1 aromatic rings. The molecule has 0 aliphatic carbocycles. The molecule has 0 aliphatic heterocycles. The summed E-state index contributed by atoms with van der Waals surface area (Å²) in [5, 5.41) is 5.45. The van der Waals surface area contributed by atoms with Crippen LogP contribution in [0.1, 0.15) is 31.7 Å². The molecule has 0 heterocycles. The van der Waals surface area contributed by atoms with Crippen molar-refractivity contribution in [3.63, 3.8) is 0 Å². The minimum Gasteiger partial charge on any atom is -0.354 e. The Bertz CT molecular complexity index is 432. The summed E-state index contributed by atoms with van der Waals surface area (Å²) < 4.78 is 12.7. The highest BCUT2D eigenvalue weighted by Gasteiger charge is 2.04. The van der Waals surface area contributed by atoms with Crippen molar-refractivity contribution >= 4 is 11.8 Å². The lowest BCUT2D eigenvalue weighted by Gasteiger charge is -2.07. The van der Waals surface area contributed by atoms with Crippen LogP contribution in [0.25, 0.3) is 0 Å². The smallest absolute Gasteiger partial charge is 0.224 e. The summed E-state index contributed by atoms with van der Waals surface area (Å²) in [7, 11) is 0. The number of hydrogen-bond donors (Lipinski definition) is 2. The fraction of sp³-hybridized carbons (Fsp3) is 0.467. The van der Waals surface area contributed by atoms with Crippen molar-refractivity contribution in [2.75, 3.05) is 13.1 Å².